The zero-order valence-corrected chi connectivity index (χ0v) is 17.4. The van der Waals surface area contributed by atoms with Gasteiger partial charge in [-0.15, -0.1) is 5.54 Å². The minimum Gasteiger partial charge on any atom is -0.507 e. The number of hydrogen-bond donors (Lipinski definition) is 1. The van der Waals surface area contributed by atoms with Crippen LogP contribution in [-0.4, -0.2) is 31.9 Å². The van der Waals surface area contributed by atoms with Gasteiger partial charge in [0.1, 0.15) is 13.8 Å². The van der Waals surface area contributed by atoms with E-state index in [2.05, 4.69) is 31.1 Å². The van der Waals surface area contributed by atoms with Crippen molar-refractivity contribution < 1.29 is 19.4 Å². The Morgan fingerprint density at radius 3 is 2.40 bits per heavy atom. The highest BCUT2D eigenvalue weighted by atomic mass is 28.3. The molecule has 0 aliphatic rings. The van der Waals surface area contributed by atoms with Crippen LogP contribution in [0.1, 0.15) is 45.2 Å². The fraction of sp³-hybridized carbons (Fsp3) is 0.550. The minimum absolute atomic E-state index is 0.105. The molecule has 0 aliphatic heterocycles. The van der Waals surface area contributed by atoms with Gasteiger partial charge in [-0.2, -0.15) is 0 Å². The van der Waals surface area contributed by atoms with Crippen LogP contribution in [0.4, 0.5) is 0 Å². The highest BCUT2D eigenvalue weighted by molar-refractivity contribution is 6.83. The number of benzene rings is 1. The molecule has 0 saturated carbocycles. The summed E-state index contributed by atoms with van der Waals surface area (Å²) in [6.45, 7) is 14.1. The number of rotatable bonds is 6. The van der Waals surface area contributed by atoms with Crippen molar-refractivity contribution in [2.75, 3.05) is 6.61 Å². The molecule has 0 aromatic heterocycles. The van der Waals surface area contributed by atoms with Crippen molar-refractivity contribution in [2.24, 2.45) is 0 Å². The van der Waals surface area contributed by atoms with E-state index in [1.165, 1.54) is 0 Å². The van der Waals surface area contributed by atoms with E-state index in [-0.39, 0.29) is 18.5 Å². The molecule has 1 unspecified atom stereocenters. The predicted molar refractivity (Wildman–Crippen MR) is 103 cm³/mol. The Hall–Kier alpha value is -1.77. The van der Waals surface area contributed by atoms with Gasteiger partial charge in [-0.05, 0) is 44.9 Å². The first-order valence-electron chi connectivity index (χ1n) is 8.77. The van der Waals surface area contributed by atoms with Crippen molar-refractivity contribution in [3.05, 3.63) is 29.3 Å². The number of carbonyl (C=O) groups is 1. The molecule has 0 spiro atoms. The molecule has 5 heteroatoms. The standard InChI is InChI=1S/C20H30O4Si/c1-8-20(24-15(3)4,19(22)23-9-2)17-10-11-18(21)16(14-17)12-13-25(5,6)7/h10-11,14-15,21H,8-9H2,1-7H3. The second-order valence-electron chi connectivity index (χ2n) is 7.30. The van der Waals surface area contributed by atoms with Gasteiger partial charge in [-0.3, -0.25) is 0 Å². The number of esters is 1. The molecular weight excluding hydrogens is 332 g/mol. The second-order valence-corrected chi connectivity index (χ2v) is 12.0. The Bertz CT molecular complexity index is 664. The van der Waals surface area contributed by atoms with Gasteiger partial charge >= 0.3 is 5.97 Å². The lowest BCUT2D eigenvalue weighted by Gasteiger charge is -2.33. The third kappa shape index (κ3) is 5.62. The van der Waals surface area contributed by atoms with Gasteiger partial charge in [0.2, 0.25) is 0 Å². The fourth-order valence-electron chi connectivity index (χ4n) is 2.46. The van der Waals surface area contributed by atoms with Gasteiger partial charge in [-0.25, -0.2) is 4.79 Å². The van der Waals surface area contributed by atoms with E-state index < -0.39 is 19.6 Å². The number of ether oxygens (including phenoxy) is 2. The first-order valence-corrected chi connectivity index (χ1v) is 12.3. The van der Waals surface area contributed by atoms with Crippen molar-refractivity contribution in [3.8, 4) is 17.2 Å². The molecule has 25 heavy (non-hydrogen) atoms. The van der Waals surface area contributed by atoms with E-state index in [1.807, 2.05) is 20.8 Å². The molecule has 1 N–H and O–H groups in total. The maximum absolute atomic E-state index is 12.7. The van der Waals surface area contributed by atoms with Gasteiger partial charge in [-0.1, -0.05) is 38.6 Å². The lowest BCUT2D eigenvalue weighted by atomic mass is 9.89. The van der Waals surface area contributed by atoms with Crippen LogP contribution in [0.3, 0.4) is 0 Å². The lowest BCUT2D eigenvalue weighted by Crippen LogP contribution is -2.41. The summed E-state index contributed by atoms with van der Waals surface area (Å²) in [5.41, 5.74) is 3.20. The second kappa shape index (κ2) is 8.55. The third-order valence-corrected chi connectivity index (χ3v) is 4.45. The Morgan fingerprint density at radius 1 is 1.28 bits per heavy atom. The summed E-state index contributed by atoms with van der Waals surface area (Å²) < 4.78 is 11.3. The van der Waals surface area contributed by atoms with Gasteiger partial charge in [0.05, 0.1) is 18.3 Å². The topological polar surface area (TPSA) is 55.8 Å². The molecule has 1 atom stereocenters. The molecule has 0 radical (unpaired) electrons. The molecule has 1 aromatic rings. The normalized spacial score (nSPS) is 13.8. The Labute approximate surface area is 152 Å². The predicted octanol–water partition coefficient (Wildman–Crippen LogP) is 4.21. The van der Waals surface area contributed by atoms with Crippen molar-refractivity contribution in [1.82, 2.24) is 0 Å². The fourth-order valence-corrected chi connectivity index (χ4v) is 2.97. The molecule has 4 nitrogen and oxygen atoms in total. The van der Waals surface area contributed by atoms with E-state index in [0.717, 1.165) is 0 Å². The first-order chi connectivity index (χ1) is 11.6. The van der Waals surface area contributed by atoms with Crippen LogP contribution < -0.4 is 0 Å². The maximum Gasteiger partial charge on any atom is 0.343 e. The lowest BCUT2D eigenvalue weighted by molar-refractivity contribution is -0.181. The molecule has 138 valence electrons. The van der Waals surface area contributed by atoms with E-state index in [0.29, 0.717) is 17.5 Å². The number of carbonyl (C=O) groups excluding carboxylic acids is 1. The summed E-state index contributed by atoms with van der Waals surface area (Å²) in [6, 6.07) is 5.01. The highest BCUT2D eigenvalue weighted by Crippen LogP contribution is 2.35. The van der Waals surface area contributed by atoms with Crippen molar-refractivity contribution in [3.63, 3.8) is 0 Å². The van der Waals surface area contributed by atoms with E-state index in [9.17, 15) is 9.90 Å². The SMILES string of the molecule is CCOC(=O)C(CC)(OC(C)C)c1ccc(O)c(C#C[Si](C)(C)C)c1. The summed E-state index contributed by atoms with van der Waals surface area (Å²) in [4.78, 5) is 12.7. The molecule has 1 rings (SSSR count). The maximum atomic E-state index is 12.7. The molecule has 1 aromatic carbocycles. The number of hydrogen-bond acceptors (Lipinski definition) is 4. The van der Waals surface area contributed by atoms with Crippen LogP contribution >= 0.6 is 0 Å². The van der Waals surface area contributed by atoms with Crippen LogP contribution in [0.2, 0.25) is 19.6 Å². The molecule has 0 fully saturated rings. The monoisotopic (exact) mass is 362 g/mol. The van der Waals surface area contributed by atoms with E-state index in [1.54, 1.807) is 25.1 Å². The molecular formula is C20H30O4Si. The summed E-state index contributed by atoms with van der Waals surface area (Å²) in [6.07, 6.45) is 0.269. The summed E-state index contributed by atoms with van der Waals surface area (Å²) in [5.74, 6) is 2.76. The summed E-state index contributed by atoms with van der Waals surface area (Å²) in [5, 5.41) is 10.2. The van der Waals surface area contributed by atoms with Crippen molar-refractivity contribution in [2.45, 2.75) is 65.5 Å². The van der Waals surface area contributed by atoms with Gasteiger partial charge in [0.15, 0.2) is 5.60 Å². The number of phenolic OH excluding ortho intramolecular Hbond substituents is 1. The largest absolute Gasteiger partial charge is 0.507 e. The van der Waals surface area contributed by atoms with Crippen LogP contribution in [0.25, 0.3) is 0 Å². The summed E-state index contributed by atoms with van der Waals surface area (Å²) >= 11 is 0. The number of phenols is 1. The molecule has 0 amide bonds. The Morgan fingerprint density at radius 2 is 1.92 bits per heavy atom. The highest BCUT2D eigenvalue weighted by Gasteiger charge is 2.42. The Kier molecular flexibility index (Phi) is 7.27. The van der Waals surface area contributed by atoms with Gasteiger partial charge in [0, 0.05) is 0 Å². The minimum atomic E-state index is -1.59. The Balaban J connectivity index is 3.49. The molecule has 0 heterocycles. The first kappa shape index (κ1) is 21.3. The van der Waals surface area contributed by atoms with Crippen LogP contribution in [0.5, 0.6) is 5.75 Å². The van der Waals surface area contributed by atoms with E-state index >= 15 is 0 Å². The van der Waals surface area contributed by atoms with Crippen molar-refractivity contribution >= 4 is 14.0 Å². The zero-order valence-electron chi connectivity index (χ0n) is 16.4. The third-order valence-electron chi connectivity index (χ3n) is 3.57. The van der Waals surface area contributed by atoms with Crippen molar-refractivity contribution in [1.29, 1.82) is 0 Å². The van der Waals surface area contributed by atoms with Gasteiger partial charge < -0.3 is 14.6 Å². The van der Waals surface area contributed by atoms with Gasteiger partial charge in [0.25, 0.3) is 0 Å². The molecule has 0 aliphatic carbocycles. The molecule has 0 saturated heterocycles. The van der Waals surface area contributed by atoms with Crippen LogP contribution in [-0.2, 0) is 19.9 Å². The average molecular weight is 363 g/mol. The van der Waals surface area contributed by atoms with Crippen LogP contribution in [0, 0.1) is 11.5 Å². The average Bonchev–Trinajstić information content (AvgIpc) is 2.51. The van der Waals surface area contributed by atoms with E-state index in [4.69, 9.17) is 9.47 Å². The molecule has 0 bridgehead atoms. The summed E-state index contributed by atoms with van der Waals surface area (Å²) in [7, 11) is -1.59. The number of aromatic hydroxyl groups is 1. The van der Waals surface area contributed by atoms with Crippen LogP contribution in [0.15, 0.2) is 18.2 Å². The smallest absolute Gasteiger partial charge is 0.343 e. The quantitative estimate of drug-likeness (QED) is 0.468. The zero-order chi connectivity index (χ0) is 19.3.